The van der Waals surface area contributed by atoms with Crippen molar-refractivity contribution in [2.75, 3.05) is 38.2 Å². The number of hydrogen-bond acceptors (Lipinski definition) is 5. The molecule has 1 fully saturated rings. The molecule has 2 aliphatic heterocycles. The fourth-order valence-corrected chi connectivity index (χ4v) is 4.07. The molecule has 3 N–H and O–H groups in total. The van der Waals surface area contributed by atoms with Crippen molar-refractivity contribution in [1.82, 2.24) is 4.90 Å². The summed E-state index contributed by atoms with van der Waals surface area (Å²) in [5, 5.41) is 3.01. The number of hydrogen-bond donors (Lipinski definition) is 2. The molecule has 0 aromatic heterocycles. The van der Waals surface area contributed by atoms with Gasteiger partial charge in [-0.2, -0.15) is 0 Å². The van der Waals surface area contributed by atoms with Gasteiger partial charge < -0.3 is 20.5 Å². The van der Waals surface area contributed by atoms with Gasteiger partial charge in [0.25, 0.3) is 0 Å². The fraction of sp³-hybridized carbons (Fsp3) is 0.409. The first-order valence-electron chi connectivity index (χ1n) is 9.85. The van der Waals surface area contributed by atoms with Crippen LogP contribution in [0.5, 0.6) is 11.5 Å². The summed E-state index contributed by atoms with van der Waals surface area (Å²) in [7, 11) is 0. The summed E-state index contributed by atoms with van der Waals surface area (Å²) in [5.41, 5.74) is 8.04. The molecule has 2 heterocycles. The lowest BCUT2D eigenvalue weighted by atomic mass is 9.89. The molecular formula is C22H28ClN3O3. The normalized spacial score (nSPS) is 21.9. The van der Waals surface area contributed by atoms with E-state index in [1.54, 1.807) is 0 Å². The van der Waals surface area contributed by atoms with Crippen LogP contribution in [0.15, 0.2) is 48.5 Å². The van der Waals surface area contributed by atoms with Gasteiger partial charge in [-0.15, -0.1) is 12.4 Å². The highest BCUT2D eigenvalue weighted by atomic mass is 35.5. The highest BCUT2D eigenvalue weighted by Crippen LogP contribution is 2.34. The highest BCUT2D eigenvalue weighted by molar-refractivity contribution is 5.94. The average molecular weight is 418 g/mol. The number of nitrogens with zero attached hydrogens (tertiary/aromatic N) is 1. The van der Waals surface area contributed by atoms with E-state index in [1.165, 1.54) is 5.56 Å². The van der Waals surface area contributed by atoms with Crippen molar-refractivity contribution < 1.29 is 14.3 Å². The van der Waals surface area contributed by atoms with Gasteiger partial charge in [0.2, 0.25) is 5.91 Å². The van der Waals surface area contributed by atoms with Crippen LogP contribution < -0.4 is 20.5 Å². The van der Waals surface area contributed by atoms with Gasteiger partial charge in [-0.1, -0.05) is 30.3 Å². The van der Waals surface area contributed by atoms with E-state index in [0.29, 0.717) is 43.1 Å². The number of rotatable bonds is 5. The van der Waals surface area contributed by atoms with Crippen LogP contribution in [0.25, 0.3) is 0 Å². The Labute approximate surface area is 177 Å². The van der Waals surface area contributed by atoms with Gasteiger partial charge in [-0.05, 0) is 37.1 Å². The van der Waals surface area contributed by atoms with Crippen LogP contribution in [-0.2, 0) is 4.79 Å². The molecule has 2 aromatic rings. The maximum Gasteiger partial charge on any atom is 0.241 e. The van der Waals surface area contributed by atoms with Crippen molar-refractivity contribution in [1.29, 1.82) is 0 Å². The third-order valence-electron chi connectivity index (χ3n) is 5.74. The third-order valence-corrected chi connectivity index (χ3v) is 5.74. The number of benzene rings is 2. The second kappa shape index (κ2) is 9.48. The standard InChI is InChI=1S/C22H27N3O3.ClH/c1-15(22(26)24-18-7-8-20-21(11-18)28-10-9-27-20)25-13-17(12-23)19(14-25)16-5-3-2-4-6-16;/h2-8,11,15,17,19H,9-10,12-14,23H2,1H3,(H,24,26);1H/t15?,17-,19+;/m1./s1. The molecule has 1 amide bonds. The van der Waals surface area contributed by atoms with Crippen molar-refractivity contribution in [3.63, 3.8) is 0 Å². The molecule has 0 aliphatic carbocycles. The van der Waals surface area contributed by atoms with Gasteiger partial charge in [-0.25, -0.2) is 0 Å². The summed E-state index contributed by atoms with van der Waals surface area (Å²) in [4.78, 5) is 15.1. The summed E-state index contributed by atoms with van der Waals surface area (Å²) in [6.45, 7) is 5.31. The smallest absolute Gasteiger partial charge is 0.241 e. The van der Waals surface area contributed by atoms with E-state index >= 15 is 0 Å². The van der Waals surface area contributed by atoms with Crippen LogP contribution in [0.2, 0.25) is 0 Å². The Morgan fingerprint density at radius 1 is 1.14 bits per heavy atom. The van der Waals surface area contributed by atoms with E-state index < -0.39 is 0 Å². The second-order valence-electron chi connectivity index (χ2n) is 7.49. The minimum atomic E-state index is -0.240. The number of anilines is 1. The van der Waals surface area contributed by atoms with Gasteiger partial charge in [-0.3, -0.25) is 9.69 Å². The summed E-state index contributed by atoms with van der Waals surface area (Å²) in [6.07, 6.45) is 0. The zero-order valence-electron chi connectivity index (χ0n) is 16.5. The molecule has 0 spiro atoms. The zero-order valence-corrected chi connectivity index (χ0v) is 17.4. The van der Waals surface area contributed by atoms with Crippen molar-refractivity contribution in [3.8, 4) is 11.5 Å². The highest BCUT2D eigenvalue weighted by Gasteiger charge is 2.36. The largest absolute Gasteiger partial charge is 0.486 e. The third kappa shape index (κ3) is 4.66. The number of likely N-dealkylation sites (tertiary alicyclic amines) is 1. The Morgan fingerprint density at radius 2 is 1.86 bits per heavy atom. The SMILES string of the molecule is CC(C(=O)Nc1ccc2c(c1)OCCO2)N1C[C@@H](CN)[C@H](c2ccccc2)C1.Cl. The summed E-state index contributed by atoms with van der Waals surface area (Å²) in [6, 6.07) is 15.7. The van der Waals surface area contributed by atoms with Gasteiger partial charge in [0.05, 0.1) is 6.04 Å². The minimum Gasteiger partial charge on any atom is -0.486 e. The Morgan fingerprint density at radius 3 is 2.59 bits per heavy atom. The number of amides is 1. The quantitative estimate of drug-likeness (QED) is 0.782. The first-order valence-corrected chi connectivity index (χ1v) is 9.85. The lowest BCUT2D eigenvalue weighted by molar-refractivity contribution is -0.120. The van der Waals surface area contributed by atoms with Crippen molar-refractivity contribution in [2.45, 2.75) is 18.9 Å². The van der Waals surface area contributed by atoms with E-state index in [4.69, 9.17) is 15.2 Å². The first-order chi connectivity index (χ1) is 13.7. The molecule has 2 aromatic carbocycles. The van der Waals surface area contributed by atoms with Crippen molar-refractivity contribution in [2.24, 2.45) is 11.7 Å². The number of ether oxygens (including phenoxy) is 2. The monoisotopic (exact) mass is 417 g/mol. The number of nitrogens with one attached hydrogen (secondary N) is 1. The maximum atomic E-state index is 12.8. The topological polar surface area (TPSA) is 76.8 Å². The molecule has 6 nitrogen and oxygen atoms in total. The molecular weight excluding hydrogens is 390 g/mol. The van der Waals surface area contributed by atoms with Crippen molar-refractivity contribution >= 4 is 24.0 Å². The van der Waals surface area contributed by atoms with Crippen LogP contribution in [0.1, 0.15) is 18.4 Å². The molecule has 0 saturated carbocycles. The Kier molecular flexibility index (Phi) is 7.00. The summed E-state index contributed by atoms with van der Waals surface area (Å²) >= 11 is 0. The second-order valence-corrected chi connectivity index (χ2v) is 7.49. The van der Waals surface area contributed by atoms with Crippen molar-refractivity contribution in [3.05, 3.63) is 54.1 Å². The minimum absolute atomic E-state index is 0. The zero-order chi connectivity index (χ0) is 19.5. The molecule has 156 valence electrons. The number of carbonyl (C=O) groups is 1. The first kappa shape index (κ1) is 21.4. The summed E-state index contributed by atoms with van der Waals surface area (Å²) < 4.78 is 11.1. The predicted octanol–water partition coefficient (Wildman–Crippen LogP) is 2.88. The molecule has 1 unspecified atom stereocenters. The average Bonchev–Trinajstić information content (AvgIpc) is 3.18. The predicted molar refractivity (Wildman–Crippen MR) is 116 cm³/mol. The van der Waals surface area contributed by atoms with Gasteiger partial charge in [0.15, 0.2) is 11.5 Å². The van der Waals surface area contributed by atoms with Gasteiger partial charge in [0.1, 0.15) is 13.2 Å². The molecule has 3 atom stereocenters. The fourth-order valence-electron chi connectivity index (χ4n) is 4.07. The molecule has 2 aliphatic rings. The number of halogens is 1. The number of nitrogens with two attached hydrogens (primary N) is 1. The van der Waals surface area contributed by atoms with E-state index in [2.05, 4.69) is 34.5 Å². The van der Waals surface area contributed by atoms with Crippen LogP contribution in [0.4, 0.5) is 5.69 Å². The van der Waals surface area contributed by atoms with Crippen LogP contribution >= 0.6 is 12.4 Å². The molecule has 4 rings (SSSR count). The molecule has 0 bridgehead atoms. The number of carbonyl (C=O) groups excluding carboxylic acids is 1. The number of fused-ring (bicyclic) bond motifs is 1. The molecule has 1 saturated heterocycles. The summed E-state index contributed by atoms with van der Waals surface area (Å²) in [5.74, 6) is 2.07. The molecule has 29 heavy (non-hydrogen) atoms. The van der Waals surface area contributed by atoms with Gasteiger partial charge in [0, 0.05) is 30.8 Å². The lowest BCUT2D eigenvalue weighted by Crippen LogP contribution is -2.41. The maximum absolute atomic E-state index is 12.8. The van der Waals surface area contributed by atoms with Crippen LogP contribution in [0, 0.1) is 5.92 Å². The van der Waals surface area contributed by atoms with E-state index in [0.717, 1.165) is 18.8 Å². The molecule has 7 heteroatoms. The van der Waals surface area contributed by atoms with Crippen LogP contribution in [-0.4, -0.2) is 49.7 Å². The molecule has 0 radical (unpaired) electrons. The Hall–Kier alpha value is -2.28. The Balaban J connectivity index is 0.00000240. The van der Waals surface area contributed by atoms with Gasteiger partial charge >= 0.3 is 0 Å². The van der Waals surface area contributed by atoms with E-state index in [1.807, 2.05) is 31.2 Å². The Bertz CT molecular complexity index is 833. The van der Waals surface area contributed by atoms with E-state index in [9.17, 15) is 4.79 Å². The lowest BCUT2D eigenvalue weighted by Gasteiger charge is -2.24. The van der Waals surface area contributed by atoms with Crippen LogP contribution in [0.3, 0.4) is 0 Å². The van der Waals surface area contributed by atoms with E-state index in [-0.39, 0.29) is 24.4 Å².